The number of carbonyl (C=O) groups excluding carboxylic acids is 1. The van der Waals surface area contributed by atoms with Crippen LogP contribution >= 0.6 is 0 Å². The van der Waals surface area contributed by atoms with E-state index < -0.39 is 0 Å². The second kappa shape index (κ2) is 5.82. The van der Waals surface area contributed by atoms with Crippen LogP contribution in [0.2, 0.25) is 0 Å². The van der Waals surface area contributed by atoms with Crippen LogP contribution in [0.5, 0.6) is 0 Å². The molecular weight excluding hydrogens is 318 g/mol. The number of hydrogen-bond donors (Lipinski definition) is 1. The highest BCUT2D eigenvalue weighted by Gasteiger charge is 2.10. The average Bonchev–Trinajstić information content (AvgIpc) is 3.22. The molecule has 0 unspecified atom stereocenters. The Balaban J connectivity index is 1.67. The van der Waals surface area contributed by atoms with Crippen molar-refractivity contribution < 1.29 is 4.79 Å². The number of nitrogens with zero attached hydrogens (tertiary/aromatic N) is 6. The summed E-state index contributed by atoms with van der Waals surface area (Å²) in [7, 11) is 3.69. The maximum atomic E-state index is 12.2. The molecule has 0 atom stereocenters. The normalized spacial score (nSPS) is 11.0. The third kappa shape index (κ3) is 2.85. The van der Waals surface area contributed by atoms with Gasteiger partial charge in [-0.25, -0.2) is 9.97 Å². The zero-order valence-electron chi connectivity index (χ0n) is 13.7. The molecule has 1 N–H and O–H groups in total. The molecule has 0 aliphatic rings. The molecule has 0 aliphatic carbocycles. The van der Waals surface area contributed by atoms with E-state index in [0.29, 0.717) is 11.4 Å². The van der Waals surface area contributed by atoms with Crippen LogP contribution in [0.4, 0.5) is 5.82 Å². The molecule has 8 nitrogen and oxygen atoms in total. The number of nitrogens with one attached hydrogen (secondary N) is 1. The number of rotatable bonds is 3. The largest absolute Gasteiger partial charge is 0.334 e. The summed E-state index contributed by atoms with van der Waals surface area (Å²) < 4.78 is 3.50. The SMILES string of the molecule is Cn1cc(C(=O)Nc2cc3cc(-c4cncn4C)cnc3cn2)cn1. The predicted octanol–water partition coefficient (Wildman–Crippen LogP) is 2.02. The van der Waals surface area contributed by atoms with Crippen LogP contribution in [0.15, 0.2) is 49.4 Å². The third-order valence-corrected chi connectivity index (χ3v) is 3.89. The minimum absolute atomic E-state index is 0.254. The summed E-state index contributed by atoms with van der Waals surface area (Å²) in [4.78, 5) is 25.0. The van der Waals surface area contributed by atoms with Gasteiger partial charge in [-0.3, -0.25) is 14.5 Å². The summed E-state index contributed by atoms with van der Waals surface area (Å²) in [5, 5.41) is 7.66. The summed E-state index contributed by atoms with van der Waals surface area (Å²) in [5.74, 6) is 0.209. The standard InChI is InChI=1S/C17H15N7O/c1-23-10-18-8-15(23)12-3-11-4-16(20-7-14(11)19-5-12)22-17(25)13-6-21-24(2)9-13/h3-10H,1-2H3,(H,20,22,25). The lowest BCUT2D eigenvalue weighted by Crippen LogP contribution is -2.12. The molecule has 0 fully saturated rings. The van der Waals surface area contributed by atoms with E-state index in [1.165, 1.54) is 6.20 Å². The Morgan fingerprint density at radius 1 is 1.08 bits per heavy atom. The van der Waals surface area contributed by atoms with E-state index in [-0.39, 0.29) is 5.91 Å². The number of hydrogen-bond acceptors (Lipinski definition) is 5. The number of amides is 1. The van der Waals surface area contributed by atoms with E-state index in [1.807, 2.05) is 17.7 Å². The van der Waals surface area contributed by atoms with Gasteiger partial charge in [0, 0.05) is 37.4 Å². The first-order valence-corrected chi connectivity index (χ1v) is 7.62. The van der Waals surface area contributed by atoms with Crippen LogP contribution in [0.25, 0.3) is 22.2 Å². The van der Waals surface area contributed by atoms with E-state index in [4.69, 9.17) is 0 Å². The van der Waals surface area contributed by atoms with Crippen molar-refractivity contribution in [1.82, 2.24) is 29.3 Å². The molecule has 0 aliphatic heterocycles. The lowest BCUT2D eigenvalue weighted by atomic mass is 10.1. The van der Waals surface area contributed by atoms with E-state index in [2.05, 4.69) is 25.4 Å². The van der Waals surface area contributed by atoms with Gasteiger partial charge in [-0.15, -0.1) is 0 Å². The van der Waals surface area contributed by atoms with Crippen molar-refractivity contribution in [3.63, 3.8) is 0 Å². The molecule has 0 saturated carbocycles. The van der Waals surface area contributed by atoms with E-state index in [0.717, 1.165) is 22.2 Å². The Labute approximate surface area is 143 Å². The fourth-order valence-corrected chi connectivity index (χ4v) is 2.60. The minimum Gasteiger partial charge on any atom is -0.334 e. The quantitative estimate of drug-likeness (QED) is 0.619. The Hall–Kier alpha value is -3.55. The second-order valence-electron chi connectivity index (χ2n) is 5.73. The first-order valence-electron chi connectivity index (χ1n) is 7.62. The van der Waals surface area contributed by atoms with Crippen molar-refractivity contribution >= 4 is 22.6 Å². The highest BCUT2D eigenvalue weighted by atomic mass is 16.1. The molecule has 1 amide bonds. The summed E-state index contributed by atoms with van der Waals surface area (Å²) in [6.45, 7) is 0. The molecule has 4 heterocycles. The van der Waals surface area contributed by atoms with Gasteiger partial charge in [-0.05, 0) is 12.1 Å². The van der Waals surface area contributed by atoms with Crippen LogP contribution in [0, 0.1) is 0 Å². The van der Waals surface area contributed by atoms with Gasteiger partial charge in [0.1, 0.15) is 5.82 Å². The smallest absolute Gasteiger partial charge is 0.260 e. The van der Waals surface area contributed by atoms with Gasteiger partial charge in [0.25, 0.3) is 5.91 Å². The van der Waals surface area contributed by atoms with Crippen LogP contribution in [0.1, 0.15) is 10.4 Å². The van der Waals surface area contributed by atoms with Crippen molar-refractivity contribution in [2.45, 2.75) is 0 Å². The summed E-state index contributed by atoms with van der Waals surface area (Å²) in [5.41, 5.74) is 3.15. The number of pyridine rings is 2. The molecule has 4 rings (SSSR count). The first-order chi connectivity index (χ1) is 12.1. The van der Waals surface area contributed by atoms with Crippen molar-refractivity contribution in [3.05, 3.63) is 55.0 Å². The van der Waals surface area contributed by atoms with Crippen molar-refractivity contribution in [2.75, 3.05) is 5.32 Å². The lowest BCUT2D eigenvalue weighted by Gasteiger charge is -2.06. The number of imidazole rings is 1. The fourth-order valence-electron chi connectivity index (χ4n) is 2.60. The van der Waals surface area contributed by atoms with Crippen molar-refractivity contribution in [1.29, 1.82) is 0 Å². The zero-order chi connectivity index (χ0) is 17.4. The molecular formula is C17H15N7O. The minimum atomic E-state index is -0.254. The zero-order valence-corrected chi connectivity index (χ0v) is 13.7. The van der Waals surface area contributed by atoms with Crippen LogP contribution in [0.3, 0.4) is 0 Å². The van der Waals surface area contributed by atoms with Gasteiger partial charge in [0.2, 0.25) is 0 Å². The first kappa shape index (κ1) is 15.0. The molecule has 124 valence electrons. The molecule has 25 heavy (non-hydrogen) atoms. The molecule has 0 bridgehead atoms. The van der Waals surface area contributed by atoms with E-state index in [9.17, 15) is 4.79 Å². The van der Waals surface area contributed by atoms with E-state index >= 15 is 0 Å². The third-order valence-electron chi connectivity index (χ3n) is 3.89. The van der Waals surface area contributed by atoms with Crippen LogP contribution in [-0.2, 0) is 14.1 Å². The molecule has 0 radical (unpaired) electrons. The van der Waals surface area contributed by atoms with Gasteiger partial charge >= 0.3 is 0 Å². The molecule has 0 saturated heterocycles. The van der Waals surface area contributed by atoms with Crippen LogP contribution in [-0.4, -0.2) is 35.2 Å². The summed E-state index contributed by atoms with van der Waals surface area (Å²) >= 11 is 0. The number of fused-ring (bicyclic) bond motifs is 1. The van der Waals surface area contributed by atoms with Gasteiger partial charge in [-0.1, -0.05) is 0 Å². The number of aryl methyl sites for hydroxylation is 2. The van der Waals surface area contributed by atoms with Gasteiger partial charge in [0.05, 0.1) is 41.7 Å². The van der Waals surface area contributed by atoms with Gasteiger partial charge < -0.3 is 9.88 Å². The summed E-state index contributed by atoms with van der Waals surface area (Å²) in [6, 6.07) is 3.80. The van der Waals surface area contributed by atoms with Crippen molar-refractivity contribution in [3.8, 4) is 11.3 Å². The Bertz CT molecular complexity index is 1080. The Morgan fingerprint density at radius 3 is 2.68 bits per heavy atom. The topological polar surface area (TPSA) is 90.5 Å². The average molecular weight is 333 g/mol. The maximum absolute atomic E-state index is 12.2. The van der Waals surface area contributed by atoms with Crippen molar-refractivity contribution in [2.24, 2.45) is 14.1 Å². The molecule has 0 aromatic carbocycles. The highest BCUT2D eigenvalue weighted by Crippen LogP contribution is 2.23. The fraction of sp³-hybridized carbons (Fsp3) is 0.118. The monoisotopic (exact) mass is 333 g/mol. The predicted molar refractivity (Wildman–Crippen MR) is 92.9 cm³/mol. The Kier molecular flexibility index (Phi) is 3.50. The number of anilines is 1. The Morgan fingerprint density at radius 2 is 1.96 bits per heavy atom. The van der Waals surface area contributed by atoms with E-state index in [1.54, 1.807) is 48.9 Å². The van der Waals surface area contributed by atoms with Gasteiger partial charge in [0.15, 0.2) is 0 Å². The lowest BCUT2D eigenvalue weighted by molar-refractivity contribution is 0.102. The number of carbonyl (C=O) groups is 1. The molecule has 8 heteroatoms. The molecule has 0 spiro atoms. The highest BCUT2D eigenvalue weighted by molar-refractivity contribution is 6.04. The molecule has 4 aromatic heterocycles. The molecule has 4 aromatic rings. The van der Waals surface area contributed by atoms with Gasteiger partial charge in [-0.2, -0.15) is 5.10 Å². The van der Waals surface area contributed by atoms with Crippen LogP contribution < -0.4 is 5.32 Å². The maximum Gasteiger partial charge on any atom is 0.260 e. The summed E-state index contributed by atoms with van der Waals surface area (Å²) in [6.07, 6.45) is 10.1. The second-order valence-corrected chi connectivity index (χ2v) is 5.73. The number of aromatic nitrogens is 6.